The molecule has 0 aliphatic carbocycles. The van der Waals surface area contributed by atoms with Gasteiger partial charge in [-0.05, 0) is 24.6 Å². The summed E-state index contributed by atoms with van der Waals surface area (Å²) in [5.41, 5.74) is -1.13. The van der Waals surface area contributed by atoms with Crippen LogP contribution in [-0.4, -0.2) is 19.7 Å². The molecule has 19 heavy (non-hydrogen) atoms. The molecular formula is C14H14N2O3. The molecule has 0 fully saturated rings. The van der Waals surface area contributed by atoms with E-state index < -0.39 is 11.4 Å². The second kappa shape index (κ2) is 6.42. The molecule has 0 saturated carbocycles. The molecule has 0 aliphatic heterocycles. The number of carbonyl (C=O) groups excluding carboxylic acids is 1. The number of esters is 1. The maximum Gasteiger partial charge on any atom is 0.308 e. The Labute approximate surface area is 112 Å². The van der Waals surface area contributed by atoms with Gasteiger partial charge >= 0.3 is 5.97 Å². The summed E-state index contributed by atoms with van der Waals surface area (Å²) in [6.07, 6.45) is -0.305. The van der Waals surface area contributed by atoms with Gasteiger partial charge in [0.05, 0.1) is 32.3 Å². The van der Waals surface area contributed by atoms with Crippen LogP contribution in [-0.2, 0) is 14.9 Å². The smallest absolute Gasteiger partial charge is 0.308 e. The van der Waals surface area contributed by atoms with Crippen LogP contribution in [0.4, 0.5) is 0 Å². The van der Waals surface area contributed by atoms with Crippen LogP contribution in [0, 0.1) is 22.7 Å². The number of nitrogens with zero attached hydrogens (tertiary/aromatic N) is 2. The molecule has 1 aromatic rings. The van der Waals surface area contributed by atoms with Crippen molar-refractivity contribution in [2.24, 2.45) is 0 Å². The van der Waals surface area contributed by atoms with Gasteiger partial charge in [0, 0.05) is 0 Å². The van der Waals surface area contributed by atoms with Crippen LogP contribution in [0.3, 0.4) is 0 Å². The highest BCUT2D eigenvalue weighted by atomic mass is 16.5. The number of benzene rings is 1. The molecule has 0 aromatic heterocycles. The van der Waals surface area contributed by atoms with Gasteiger partial charge in [-0.2, -0.15) is 10.5 Å². The Bertz CT molecular complexity index is 526. The number of ether oxygens (including phenoxy) is 2. The number of rotatable bonds is 5. The van der Waals surface area contributed by atoms with Crippen molar-refractivity contribution in [1.82, 2.24) is 0 Å². The van der Waals surface area contributed by atoms with Gasteiger partial charge in [-0.3, -0.25) is 4.79 Å². The van der Waals surface area contributed by atoms with E-state index in [0.29, 0.717) is 11.3 Å². The van der Waals surface area contributed by atoms with Gasteiger partial charge < -0.3 is 9.47 Å². The van der Waals surface area contributed by atoms with Crippen molar-refractivity contribution in [1.29, 1.82) is 10.5 Å². The van der Waals surface area contributed by atoms with E-state index in [1.807, 2.05) is 12.1 Å². The highest BCUT2D eigenvalue weighted by molar-refractivity contribution is 5.73. The highest BCUT2D eigenvalue weighted by Gasteiger charge is 2.36. The Balaban J connectivity index is 3.16. The molecule has 0 radical (unpaired) electrons. The predicted octanol–water partition coefficient (Wildman–Crippen LogP) is 1.93. The van der Waals surface area contributed by atoms with E-state index in [1.165, 1.54) is 7.11 Å². The first kappa shape index (κ1) is 14.5. The average Bonchev–Trinajstić information content (AvgIpc) is 2.45. The molecule has 0 atom stereocenters. The lowest BCUT2D eigenvalue weighted by atomic mass is 9.80. The molecule has 5 heteroatoms. The van der Waals surface area contributed by atoms with Crippen molar-refractivity contribution in [3.8, 4) is 17.9 Å². The zero-order valence-electron chi connectivity index (χ0n) is 10.8. The molecule has 0 heterocycles. The topological polar surface area (TPSA) is 83.1 Å². The molecule has 0 aliphatic rings. The van der Waals surface area contributed by atoms with Crippen LogP contribution < -0.4 is 4.74 Å². The van der Waals surface area contributed by atoms with Crippen LogP contribution in [0.2, 0.25) is 0 Å². The molecule has 98 valence electrons. The maximum atomic E-state index is 11.5. The lowest BCUT2D eigenvalue weighted by Crippen LogP contribution is -2.27. The number of nitriles is 2. The van der Waals surface area contributed by atoms with Crippen molar-refractivity contribution >= 4 is 5.97 Å². The third kappa shape index (κ3) is 3.23. The van der Waals surface area contributed by atoms with E-state index in [-0.39, 0.29) is 13.0 Å². The zero-order valence-corrected chi connectivity index (χ0v) is 10.8. The summed E-state index contributed by atoms with van der Waals surface area (Å²) >= 11 is 0. The van der Waals surface area contributed by atoms with Crippen molar-refractivity contribution < 1.29 is 14.3 Å². The summed E-state index contributed by atoms with van der Waals surface area (Å²) in [6.45, 7) is 1.88. The Morgan fingerprint density at radius 2 is 2.05 bits per heavy atom. The van der Waals surface area contributed by atoms with Crippen molar-refractivity contribution in [2.45, 2.75) is 18.8 Å². The molecule has 0 amide bonds. The quantitative estimate of drug-likeness (QED) is 0.753. The summed E-state index contributed by atoms with van der Waals surface area (Å²) in [6, 6.07) is 10.4. The van der Waals surface area contributed by atoms with Gasteiger partial charge in [0.1, 0.15) is 5.75 Å². The van der Waals surface area contributed by atoms with E-state index in [9.17, 15) is 15.3 Å². The maximum absolute atomic E-state index is 11.5. The van der Waals surface area contributed by atoms with Crippen LogP contribution >= 0.6 is 0 Å². The monoisotopic (exact) mass is 258 g/mol. The predicted molar refractivity (Wildman–Crippen MR) is 67.1 cm³/mol. The van der Waals surface area contributed by atoms with Gasteiger partial charge in [-0.15, -0.1) is 0 Å². The number of hydrogen-bond donors (Lipinski definition) is 0. The van der Waals surface area contributed by atoms with Gasteiger partial charge in [-0.25, -0.2) is 0 Å². The van der Waals surface area contributed by atoms with Gasteiger partial charge in [0.2, 0.25) is 0 Å². The molecule has 0 bridgehead atoms. The first-order valence-electron chi connectivity index (χ1n) is 5.74. The number of carbonyl (C=O) groups is 1. The molecule has 0 unspecified atom stereocenters. The van der Waals surface area contributed by atoms with E-state index in [0.717, 1.165) is 0 Å². The number of hydrogen-bond acceptors (Lipinski definition) is 5. The van der Waals surface area contributed by atoms with Crippen LogP contribution in [0.5, 0.6) is 5.75 Å². The first-order valence-corrected chi connectivity index (χ1v) is 5.74. The SMILES string of the molecule is CCOC(=O)CC(C#N)(C#N)c1cccc(OC)c1. The minimum Gasteiger partial charge on any atom is -0.497 e. The lowest BCUT2D eigenvalue weighted by Gasteiger charge is -2.18. The summed E-state index contributed by atoms with van der Waals surface area (Å²) in [7, 11) is 1.49. The second-order valence-corrected chi connectivity index (χ2v) is 3.84. The van der Waals surface area contributed by atoms with E-state index in [1.54, 1.807) is 31.2 Å². The molecule has 0 N–H and O–H groups in total. The summed E-state index contributed by atoms with van der Waals surface area (Å²) < 4.78 is 9.86. The van der Waals surface area contributed by atoms with Crippen molar-refractivity contribution in [2.75, 3.05) is 13.7 Å². The first-order chi connectivity index (χ1) is 9.11. The van der Waals surface area contributed by atoms with Crippen molar-refractivity contribution in [3.05, 3.63) is 29.8 Å². The molecule has 0 saturated heterocycles. The van der Waals surface area contributed by atoms with Crippen molar-refractivity contribution in [3.63, 3.8) is 0 Å². The van der Waals surface area contributed by atoms with Crippen LogP contribution in [0.1, 0.15) is 18.9 Å². The van der Waals surface area contributed by atoms with Gasteiger partial charge in [0.15, 0.2) is 5.41 Å². The zero-order chi connectivity index (χ0) is 14.3. The molecule has 0 spiro atoms. The fourth-order valence-corrected chi connectivity index (χ4v) is 1.65. The molecule has 5 nitrogen and oxygen atoms in total. The minimum absolute atomic E-state index is 0.212. The minimum atomic E-state index is -1.55. The molecular weight excluding hydrogens is 244 g/mol. The highest BCUT2D eigenvalue weighted by Crippen LogP contribution is 2.29. The number of methoxy groups -OCH3 is 1. The fraction of sp³-hybridized carbons (Fsp3) is 0.357. The van der Waals surface area contributed by atoms with E-state index in [4.69, 9.17) is 9.47 Å². The Kier molecular flexibility index (Phi) is 4.91. The third-order valence-electron chi connectivity index (χ3n) is 2.66. The van der Waals surface area contributed by atoms with E-state index in [2.05, 4.69) is 0 Å². The fourth-order valence-electron chi connectivity index (χ4n) is 1.65. The molecule has 1 rings (SSSR count). The standard InChI is InChI=1S/C14H14N2O3/c1-3-19-13(17)8-14(9-15,10-16)11-5-4-6-12(7-11)18-2/h4-7H,3,8H2,1-2H3. The molecule has 1 aromatic carbocycles. The second-order valence-electron chi connectivity index (χ2n) is 3.84. The Morgan fingerprint density at radius 3 is 2.58 bits per heavy atom. The third-order valence-corrected chi connectivity index (χ3v) is 2.66. The Morgan fingerprint density at radius 1 is 1.37 bits per heavy atom. The van der Waals surface area contributed by atoms with Crippen LogP contribution in [0.15, 0.2) is 24.3 Å². The largest absolute Gasteiger partial charge is 0.497 e. The summed E-state index contributed by atoms with van der Waals surface area (Å²) in [5.74, 6) is -0.0512. The van der Waals surface area contributed by atoms with E-state index >= 15 is 0 Å². The van der Waals surface area contributed by atoms with Gasteiger partial charge in [0.25, 0.3) is 0 Å². The summed E-state index contributed by atoms with van der Waals surface area (Å²) in [5, 5.41) is 18.6. The lowest BCUT2D eigenvalue weighted by molar-refractivity contribution is -0.143. The van der Waals surface area contributed by atoms with Crippen LogP contribution in [0.25, 0.3) is 0 Å². The van der Waals surface area contributed by atoms with Gasteiger partial charge in [-0.1, -0.05) is 12.1 Å². The normalized spacial score (nSPS) is 10.1. The average molecular weight is 258 g/mol. The Hall–Kier alpha value is -2.53. The summed E-state index contributed by atoms with van der Waals surface area (Å²) in [4.78, 5) is 11.5.